The van der Waals surface area contributed by atoms with E-state index in [0.717, 1.165) is 23.6 Å². The van der Waals surface area contributed by atoms with E-state index in [1.165, 1.54) is 0 Å². The van der Waals surface area contributed by atoms with Gasteiger partial charge in [-0.25, -0.2) is 4.79 Å². The van der Waals surface area contributed by atoms with E-state index in [0.29, 0.717) is 18.0 Å². The summed E-state index contributed by atoms with van der Waals surface area (Å²) in [6.07, 6.45) is 4.17. The zero-order chi connectivity index (χ0) is 17.0. The number of nitrogens with one attached hydrogen (secondary N) is 2. The average molecular weight is 319 g/mol. The molecular weight excluding hydrogens is 294 g/mol. The van der Waals surface area contributed by atoms with Crippen LogP contribution in [0.5, 0.6) is 0 Å². The summed E-state index contributed by atoms with van der Waals surface area (Å²) in [7, 11) is 0. The summed E-state index contributed by atoms with van der Waals surface area (Å²) in [5.74, 6) is 1.30. The number of rotatable bonds is 6. The molecule has 0 fully saturated rings. The maximum atomic E-state index is 12.1. The van der Waals surface area contributed by atoms with Gasteiger partial charge in [0.15, 0.2) is 0 Å². The molecule has 2 N–H and O–H groups in total. The van der Waals surface area contributed by atoms with Crippen LogP contribution in [-0.4, -0.2) is 27.0 Å². The molecular formula is C16H25N5O2. The standard InChI is InChI=1S/C16H25N5O2/c1-10(2)8-21-9-14(7-17-21)19-16(22)18-11(3)6-15-12(4)20-23-13(15)5/h7,9-11H,6,8H2,1-5H3,(H2,18,19,22). The van der Waals surface area contributed by atoms with Crippen molar-refractivity contribution in [2.24, 2.45) is 5.92 Å². The van der Waals surface area contributed by atoms with Crippen molar-refractivity contribution in [1.82, 2.24) is 20.3 Å². The summed E-state index contributed by atoms with van der Waals surface area (Å²) in [4.78, 5) is 12.1. The summed E-state index contributed by atoms with van der Waals surface area (Å²) in [5.41, 5.74) is 2.60. The van der Waals surface area contributed by atoms with Gasteiger partial charge in [0.05, 0.1) is 17.6 Å². The number of anilines is 1. The summed E-state index contributed by atoms with van der Waals surface area (Å²) >= 11 is 0. The fourth-order valence-electron chi connectivity index (χ4n) is 2.44. The molecule has 0 spiro atoms. The van der Waals surface area contributed by atoms with E-state index in [1.807, 2.05) is 31.6 Å². The highest BCUT2D eigenvalue weighted by Gasteiger charge is 2.15. The molecule has 0 saturated heterocycles. The molecule has 7 nitrogen and oxygen atoms in total. The molecule has 0 bridgehead atoms. The Morgan fingerprint density at radius 2 is 2.09 bits per heavy atom. The minimum Gasteiger partial charge on any atom is -0.361 e. The molecule has 0 aliphatic rings. The number of aryl methyl sites for hydroxylation is 2. The molecule has 7 heteroatoms. The predicted octanol–water partition coefficient (Wildman–Crippen LogP) is 2.90. The summed E-state index contributed by atoms with van der Waals surface area (Å²) in [5, 5.41) is 13.9. The minimum atomic E-state index is -0.242. The van der Waals surface area contributed by atoms with Gasteiger partial charge in [-0.1, -0.05) is 19.0 Å². The van der Waals surface area contributed by atoms with Gasteiger partial charge in [-0.2, -0.15) is 5.10 Å². The van der Waals surface area contributed by atoms with Gasteiger partial charge in [0.25, 0.3) is 0 Å². The predicted molar refractivity (Wildman–Crippen MR) is 88.4 cm³/mol. The van der Waals surface area contributed by atoms with Gasteiger partial charge >= 0.3 is 6.03 Å². The van der Waals surface area contributed by atoms with E-state index < -0.39 is 0 Å². The van der Waals surface area contributed by atoms with Crippen LogP contribution in [0.2, 0.25) is 0 Å². The van der Waals surface area contributed by atoms with Crippen molar-refractivity contribution in [3.05, 3.63) is 29.4 Å². The number of hydrogen-bond acceptors (Lipinski definition) is 4. The molecule has 2 heterocycles. The van der Waals surface area contributed by atoms with E-state index in [2.05, 4.69) is 34.7 Å². The number of carbonyl (C=O) groups is 1. The Morgan fingerprint density at radius 3 is 2.70 bits per heavy atom. The zero-order valence-corrected chi connectivity index (χ0v) is 14.4. The number of carbonyl (C=O) groups excluding carboxylic acids is 1. The van der Waals surface area contributed by atoms with Crippen LogP contribution in [0.3, 0.4) is 0 Å². The first-order valence-corrected chi connectivity index (χ1v) is 7.87. The number of nitrogens with zero attached hydrogens (tertiary/aromatic N) is 3. The van der Waals surface area contributed by atoms with Crippen LogP contribution in [0.25, 0.3) is 0 Å². The molecule has 1 atom stereocenters. The Balaban J connectivity index is 1.85. The molecule has 126 valence electrons. The quantitative estimate of drug-likeness (QED) is 0.857. The van der Waals surface area contributed by atoms with Gasteiger partial charge in [-0.15, -0.1) is 0 Å². The number of urea groups is 1. The fraction of sp³-hybridized carbons (Fsp3) is 0.562. The molecule has 1 unspecified atom stereocenters. The Labute approximate surface area is 136 Å². The van der Waals surface area contributed by atoms with Crippen LogP contribution >= 0.6 is 0 Å². The second-order valence-electron chi connectivity index (χ2n) is 6.35. The molecule has 2 aromatic heterocycles. The Hall–Kier alpha value is -2.31. The van der Waals surface area contributed by atoms with Crippen LogP contribution in [0, 0.1) is 19.8 Å². The van der Waals surface area contributed by atoms with Crippen molar-refractivity contribution in [2.75, 3.05) is 5.32 Å². The van der Waals surface area contributed by atoms with Crippen molar-refractivity contribution < 1.29 is 9.32 Å². The van der Waals surface area contributed by atoms with Gasteiger partial charge in [0, 0.05) is 24.3 Å². The Bertz CT molecular complexity index is 640. The lowest BCUT2D eigenvalue weighted by Crippen LogP contribution is -2.37. The maximum absolute atomic E-state index is 12.1. The van der Waals surface area contributed by atoms with E-state index in [-0.39, 0.29) is 12.1 Å². The Kier molecular flexibility index (Phi) is 5.41. The van der Waals surface area contributed by atoms with Gasteiger partial charge in [-0.3, -0.25) is 4.68 Å². The van der Waals surface area contributed by atoms with Crippen LogP contribution in [0.15, 0.2) is 16.9 Å². The maximum Gasteiger partial charge on any atom is 0.319 e. The highest BCUT2D eigenvalue weighted by molar-refractivity contribution is 5.89. The molecule has 0 radical (unpaired) electrons. The monoisotopic (exact) mass is 319 g/mol. The third-order valence-electron chi connectivity index (χ3n) is 3.51. The second kappa shape index (κ2) is 7.30. The molecule has 2 amide bonds. The van der Waals surface area contributed by atoms with Gasteiger partial charge in [-0.05, 0) is 33.1 Å². The van der Waals surface area contributed by atoms with Gasteiger partial charge in [0.1, 0.15) is 5.76 Å². The van der Waals surface area contributed by atoms with Gasteiger partial charge < -0.3 is 15.2 Å². The van der Waals surface area contributed by atoms with Gasteiger partial charge in [0.2, 0.25) is 0 Å². The van der Waals surface area contributed by atoms with E-state index in [9.17, 15) is 4.79 Å². The molecule has 0 saturated carbocycles. The lowest BCUT2D eigenvalue weighted by atomic mass is 10.1. The van der Waals surface area contributed by atoms with Crippen LogP contribution in [0.1, 0.15) is 37.8 Å². The van der Waals surface area contributed by atoms with Crippen molar-refractivity contribution in [3.8, 4) is 0 Å². The lowest BCUT2D eigenvalue weighted by Gasteiger charge is -2.14. The summed E-state index contributed by atoms with van der Waals surface area (Å²) < 4.78 is 6.97. The minimum absolute atomic E-state index is 0.0301. The molecule has 0 aromatic carbocycles. The third-order valence-corrected chi connectivity index (χ3v) is 3.51. The van der Waals surface area contributed by atoms with E-state index in [1.54, 1.807) is 6.20 Å². The van der Waals surface area contributed by atoms with Crippen molar-refractivity contribution in [2.45, 2.75) is 53.6 Å². The molecule has 23 heavy (non-hydrogen) atoms. The first-order valence-electron chi connectivity index (χ1n) is 7.87. The topological polar surface area (TPSA) is 85.0 Å². The fourth-order valence-corrected chi connectivity index (χ4v) is 2.44. The van der Waals surface area contributed by atoms with Crippen LogP contribution < -0.4 is 10.6 Å². The van der Waals surface area contributed by atoms with E-state index >= 15 is 0 Å². The number of amides is 2. The first kappa shape index (κ1) is 17.1. The summed E-state index contributed by atoms with van der Waals surface area (Å²) in [6.45, 7) is 10.8. The molecule has 0 aliphatic carbocycles. The normalized spacial score (nSPS) is 12.4. The molecule has 0 aliphatic heterocycles. The van der Waals surface area contributed by atoms with E-state index in [4.69, 9.17) is 4.52 Å². The second-order valence-corrected chi connectivity index (χ2v) is 6.35. The number of hydrogen-bond donors (Lipinski definition) is 2. The van der Waals surface area contributed by atoms with Crippen molar-refractivity contribution in [1.29, 1.82) is 0 Å². The highest BCUT2D eigenvalue weighted by atomic mass is 16.5. The SMILES string of the molecule is Cc1noc(C)c1CC(C)NC(=O)Nc1cnn(CC(C)C)c1. The summed E-state index contributed by atoms with van der Waals surface area (Å²) in [6, 6.07) is -0.272. The average Bonchev–Trinajstić information content (AvgIpc) is 2.99. The first-order chi connectivity index (χ1) is 10.8. The molecule has 2 rings (SSSR count). The van der Waals surface area contributed by atoms with Crippen molar-refractivity contribution >= 4 is 11.7 Å². The third kappa shape index (κ3) is 4.84. The zero-order valence-electron chi connectivity index (χ0n) is 14.4. The Morgan fingerprint density at radius 1 is 1.35 bits per heavy atom. The van der Waals surface area contributed by atoms with Crippen LogP contribution in [0.4, 0.5) is 10.5 Å². The molecule has 2 aromatic rings. The number of aromatic nitrogens is 3. The largest absolute Gasteiger partial charge is 0.361 e. The van der Waals surface area contributed by atoms with Crippen LogP contribution in [-0.2, 0) is 13.0 Å². The van der Waals surface area contributed by atoms with Crippen molar-refractivity contribution in [3.63, 3.8) is 0 Å². The lowest BCUT2D eigenvalue weighted by molar-refractivity contribution is 0.249. The highest BCUT2D eigenvalue weighted by Crippen LogP contribution is 2.14. The smallest absolute Gasteiger partial charge is 0.319 e.